The molecule has 1 unspecified atom stereocenters. The van der Waals surface area contributed by atoms with Crippen LogP contribution in [0.5, 0.6) is 0 Å². The van der Waals surface area contributed by atoms with Gasteiger partial charge in [0.1, 0.15) is 5.56 Å². The molecule has 2 fully saturated rings. The molecule has 1 saturated heterocycles. The summed E-state index contributed by atoms with van der Waals surface area (Å²) in [5.41, 5.74) is 0.494. The molecule has 1 aliphatic heterocycles. The van der Waals surface area contributed by atoms with Crippen LogP contribution in [0.25, 0.3) is 0 Å². The summed E-state index contributed by atoms with van der Waals surface area (Å²) in [5, 5.41) is 6.83. The Labute approximate surface area is 169 Å². The van der Waals surface area contributed by atoms with Gasteiger partial charge in [0, 0.05) is 18.7 Å². The van der Waals surface area contributed by atoms with Crippen LogP contribution in [-0.4, -0.2) is 33.3 Å². The zero-order valence-corrected chi connectivity index (χ0v) is 16.9. The molecule has 2 aromatic rings. The Morgan fingerprint density at radius 3 is 2.83 bits per heavy atom. The van der Waals surface area contributed by atoms with Crippen molar-refractivity contribution in [3.05, 3.63) is 45.5 Å². The number of hydrogen-bond acceptors (Lipinski definition) is 6. The molecular formula is C21H28N4O4. The lowest BCUT2D eigenvalue weighted by Gasteiger charge is -2.17. The first-order valence-corrected chi connectivity index (χ1v) is 10.5. The van der Waals surface area contributed by atoms with Crippen molar-refractivity contribution in [3.63, 3.8) is 0 Å². The number of carbonyl (C=O) groups excluding carboxylic acids is 1. The molecule has 3 heterocycles. The van der Waals surface area contributed by atoms with Crippen LogP contribution in [0.15, 0.2) is 21.6 Å². The van der Waals surface area contributed by atoms with Gasteiger partial charge in [0.2, 0.25) is 5.89 Å². The number of aryl methyl sites for hydroxylation is 1. The Hall–Kier alpha value is -2.48. The predicted molar refractivity (Wildman–Crippen MR) is 106 cm³/mol. The van der Waals surface area contributed by atoms with E-state index in [1.54, 1.807) is 23.8 Å². The minimum Gasteiger partial charge on any atom is -0.376 e. The Bertz CT molecular complexity index is 908. The van der Waals surface area contributed by atoms with Crippen LogP contribution in [0, 0.1) is 6.92 Å². The van der Waals surface area contributed by atoms with Crippen LogP contribution in [-0.2, 0) is 17.8 Å². The maximum atomic E-state index is 12.8. The third-order valence-electron chi connectivity index (χ3n) is 5.88. The van der Waals surface area contributed by atoms with E-state index in [0.29, 0.717) is 23.9 Å². The maximum Gasteiger partial charge on any atom is 0.263 e. The second-order valence-electron chi connectivity index (χ2n) is 8.03. The summed E-state index contributed by atoms with van der Waals surface area (Å²) in [6, 6.07) is 1.79. The van der Waals surface area contributed by atoms with Gasteiger partial charge in [-0.05, 0) is 44.2 Å². The lowest BCUT2D eigenvalue weighted by Crippen LogP contribution is -2.35. The van der Waals surface area contributed by atoms with E-state index in [9.17, 15) is 9.59 Å². The predicted octanol–water partition coefficient (Wildman–Crippen LogP) is 2.70. The molecule has 1 aliphatic carbocycles. The van der Waals surface area contributed by atoms with Gasteiger partial charge in [-0.15, -0.1) is 0 Å². The number of amides is 1. The molecule has 2 aliphatic rings. The van der Waals surface area contributed by atoms with E-state index < -0.39 is 5.91 Å². The number of rotatable bonds is 6. The van der Waals surface area contributed by atoms with Crippen molar-refractivity contribution in [2.45, 2.75) is 77.0 Å². The fraction of sp³-hybridized carbons (Fsp3) is 0.619. The highest BCUT2D eigenvalue weighted by molar-refractivity contribution is 5.95. The van der Waals surface area contributed by atoms with Crippen molar-refractivity contribution in [2.75, 3.05) is 6.61 Å². The highest BCUT2D eigenvalue weighted by Gasteiger charge is 2.23. The van der Waals surface area contributed by atoms with Crippen LogP contribution in [0.3, 0.4) is 0 Å². The molecule has 8 nitrogen and oxygen atoms in total. The summed E-state index contributed by atoms with van der Waals surface area (Å²) in [6.07, 6.45) is 9.50. The summed E-state index contributed by atoms with van der Waals surface area (Å²) in [4.78, 5) is 30.0. The van der Waals surface area contributed by atoms with Gasteiger partial charge in [0.25, 0.3) is 11.5 Å². The summed E-state index contributed by atoms with van der Waals surface area (Å²) < 4.78 is 12.5. The first kappa shape index (κ1) is 19.8. The topological polar surface area (TPSA) is 99.2 Å². The molecule has 0 spiro atoms. The Morgan fingerprint density at radius 2 is 2.07 bits per heavy atom. The van der Waals surface area contributed by atoms with Gasteiger partial charge in [-0.1, -0.05) is 24.4 Å². The van der Waals surface area contributed by atoms with E-state index in [-0.39, 0.29) is 23.8 Å². The summed E-state index contributed by atoms with van der Waals surface area (Å²) in [5.74, 6) is 1.01. The number of aromatic nitrogens is 3. The monoisotopic (exact) mass is 400 g/mol. The van der Waals surface area contributed by atoms with Crippen molar-refractivity contribution in [1.82, 2.24) is 20.0 Å². The Balaban J connectivity index is 1.41. The third-order valence-corrected chi connectivity index (χ3v) is 5.88. The van der Waals surface area contributed by atoms with Crippen LogP contribution in [0.1, 0.15) is 78.5 Å². The minimum absolute atomic E-state index is 0.0305. The van der Waals surface area contributed by atoms with Crippen molar-refractivity contribution in [3.8, 4) is 0 Å². The lowest BCUT2D eigenvalue weighted by atomic mass is 9.89. The molecule has 156 valence electrons. The average molecular weight is 400 g/mol. The van der Waals surface area contributed by atoms with Crippen molar-refractivity contribution < 1.29 is 14.1 Å². The molecule has 0 radical (unpaired) electrons. The lowest BCUT2D eigenvalue weighted by molar-refractivity contribution is 0.0925. The molecule has 0 bridgehead atoms. The van der Waals surface area contributed by atoms with Crippen molar-refractivity contribution in [1.29, 1.82) is 0 Å². The van der Waals surface area contributed by atoms with Gasteiger partial charge in [-0.2, -0.15) is 4.98 Å². The largest absolute Gasteiger partial charge is 0.376 e. The summed E-state index contributed by atoms with van der Waals surface area (Å²) in [7, 11) is 0. The average Bonchev–Trinajstić information content (AvgIpc) is 3.41. The Morgan fingerprint density at radius 1 is 1.24 bits per heavy atom. The molecule has 0 aromatic carbocycles. The zero-order valence-electron chi connectivity index (χ0n) is 16.9. The van der Waals surface area contributed by atoms with Gasteiger partial charge in [-0.3, -0.25) is 9.59 Å². The Kier molecular flexibility index (Phi) is 6.08. The van der Waals surface area contributed by atoms with Gasteiger partial charge in [0.15, 0.2) is 5.82 Å². The van der Waals surface area contributed by atoms with Crippen LogP contribution in [0.2, 0.25) is 0 Å². The van der Waals surface area contributed by atoms with Gasteiger partial charge >= 0.3 is 0 Å². The maximum absolute atomic E-state index is 12.8. The molecule has 2 aromatic heterocycles. The summed E-state index contributed by atoms with van der Waals surface area (Å²) >= 11 is 0. The standard InChI is InChI=1S/C21H28N4O4/c1-14-9-10-25(13-16-8-5-11-28-16)21(27)18(14)20(26)22-12-17-23-19(24-29-17)15-6-3-2-4-7-15/h9-10,15-16H,2-8,11-13H2,1H3,(H,22,26). The molecule has 1 amide bonds. The SMILES string of the molecule is Cc1ccn(CC2CCCO2)c(=O)c1C(=O)NCc1nc(C2CCCCC2)no1. The minimum atomic E-state index is -0.424. The number of nitrogens with zero attached hydrogens (tertiary/aromatic N) is 3. The first-order valence-electron chi connectivity index (χ1n) is 10.5. The molecule has 8 heteroatoms. The highest BCUT2D eigenvalue weighted by atomic mass is 16.5. The molecule has 1 saturated carbocycles. The number of pyridine rings is 1. The highest BCUT2D eigenvalue weighted by Crippen LogP contribution is 2.30. The smallest absolute Gasteiger partial charge is 0.263 e. The summed E-state index contributed by atoms with van der Waals surface area (Å²) in [6.45, 7) is 3.07. The van der Waals surface area contributed by atoms with Gasteiger partial charge < -0.3 is 19.1 Å². The fourth-order valence-electron chi connectivity index (χ4n) is 4.20. The second kappa shape index (κ2) is 8.90. The second-order valence-corrected chi connectivity index (χ2v) is 8.03. The molecule has 4 rings (SSSR count). The van der Waals surface area contributed by atoms with E-state index in [1.807, 2.05) is 0 Å². The van der Waals surface area contributed by atoms with Crippen LogP contribution in [0.4, 0.5) is 0 Å². The molecule has 29 heavy (non-hydrogen) atoms. The quantitative estimate of drug-likeness (QED) is 0.800. The van der Waals surface area contributed by atoms with E-state index in [4.69, 9.17) is 9.26 Å². The van der Waals surface area contributed by atoms with E-state index >= 15 is 0 Å². The third kappa shape index (κ3) is 4.58. The molecule has 1 atom stereocenters. The van der Waals surface area contributed by atoms with Gasteiger partial charge in [-0.25, -0.2) is 0 Å². The number of hydrogen-bond donors (Lipinski definition) is 1. The molecular weight excluding hydrogens is 372 g/mol. The zero-order chi connectivity index (χ0) is 20.2. The normalized spacial score (nSPS) is 20.1. The number of nitrogens with one attached hydrogen (secondary N) is 1. The van der Waals surface area contributed by atoms with Gasteiger partial charge in [0.05, 0.1) is 19.2 Å². The van der Waals surface area contributed by atoms with Crippen LogP contribution < -0.4 is 10.9 Å². The molecule has 1 N–H and O–H groups in total. The fourth-order valence-corrected chi connectivity index (χ4v) is 4.20. The van der Waals surface area contributed by atoms with E-state index in [1.165, 1.54) is 19.3 Å². The van der Waals surface area contributed by atoms with E-state index in [2.05, 4.69) is 15.5 Å². The van der Waals surface area contributed by atoms with Crippen LogP contribution >= 0.6 is 0 Å². The van der Waals surface area contributed by atoms with Crippen molar-refractivity contribution >= 4 is 5.91 Å². The van der Waals surface area contributed by atoms with Crippen molar-refractivity contribution in [2.24, 2.45) is 0 Å². The number of carbonyl (C=O) groups is 1. The number of ether oxygens (including phenoxy) is 1. The first-order chi connectivity index (χ1) is 14.1. The van der Waals surface area contributed by atoms with E-state index in [0.717, 1.165) is 38.1 Å².